The van der Waals surface area contributed by atoms with Crippen molar-refractivity contribution in [1.29, 1.82) is 0 Å². The van der Waals surface area contributed by atoms with Gasteiger partial charge in [-0.25, -0.2) is 4.39 Å². The Balaban J connectivity index is 1.42. The van der Waals surface area contributed by atoms with Gasteiger partial charge in [-0.05, 0) is 48.4 Å². The number of aryl methyl sites for hydroxylation is 1. The van der Waals surface area contributed by atoms with E-state index in [1.165, 1.54) is 12.1 Å². The van der Waals surface area contributed by atoms with Crippen LogP contribution in [0.2, 0.25) is 5.02 Å². The van der Waals surface area contributed by atoms with Crippen molar-refractivity contribution in [1.82, 2.24) is 15.5 Å². The van der Waals surface area contributed by atoms with Gasteiger partial charge in [-0.1, -0.05) is 28.9 Å². The molecule has 0 saturated heterocycles. The minimum Gasteiger partial charge on any atom is -0.352 e. The predicted molar refractivity (Wildman–Crippen MR) is 95.9 cm³/mol. The number of rotatable bonds is 7. The second-order valence-electron chi connectivity index (χ2n) is 5.78. The molecular formula is C19H17ClFN3O2. The molecule has 1 N–H and O–H groups in total. The summed E-state index contributed by atoms with van der Waals surface area (Å²) < 4.78 is 18.0. The number of nitrogens with zero attached hydrogens (tertiary/aromatic N) is 2. The molecule has 0 saturated carbocycles. The maximum Gasteiger partial charge on any atom is 0.226 e. The third kappa shape index (κ3) is 5.13. The zero-order valence-corrected chi connectivity index (χ0v) is 14.7. The standard InChI is InChI=1S/C19H17ClFN3O2/c20-15-8-6-14(7-9-15)19-23-18(26-24-19)3-1-2-17(25)22-12-13-4-10-16(21)11-5-13/h4-11H,1-3,12H2,(H,22,25). The third-order valence-corrected chi connectivity index (χ3v) is 4.02. The van der Waals surface area contributed by atoms with Crippen LogP contribution in [-0.2, 0) is 17.8 Å². The number of carbonyl (C=O) groups is 1. The van der Waals surface area contributed by atoms with E-state index in [-0.39, 0.29) is 11.7 Å². The van der Waals surface area contributed by atoms with Crippen molar-refractivity contribution in [2.45, 2.75) is 25.8 Å². The average molecular weight is 374 g/mol. The Morgan fingerprint density at radius 1 is 1.12 bits per heavy atom. The second-order valence-corrected chi connectivity index (χ2v) is 6.21. The smallest absolute Gasteiger partial charge is 0.226 e. The van der Waals surface area contributed by atoms with Crippen molar-refractivity contribution < 1.29 is 13.7 Å². The van der Waals surface area contributed by atoms with Crippen molar-refractivity contribution in [3.8, 4) is 11.4 Å². The molecule has 0 unspecified atom stereocenters. The molecular weight excluding hydrogens is 357 g/mol. The van der Waals surface area contributed by atoms with E-state index in [0.717, 1.165) is 11.1 Å². The zero-order valence-electron chi connectivity index (χ0n) is 13.9. The first kappa shape index (κ1) is 18.1. The van der Waals surface area contributed by atoms with Gasteiger partial charge in [0.2, 0.25) is 17.6 Å². The molecule has 2 aromatic carbocycles. The molecule has 7 heteroatoms. The zero-order chi connectivity index (χ0) is 18.4. The fourth-order valence-corrected chi connectivity index (χ4v) is 2.49. The van der Waals surface area contributed by atoms with E-state index in [4.69, 9.17) is 16.1 Å². The Bertz CT molecular complexity index is 863. The van der Waals surface area contributed by atoms with Gasteiger partial charge in [0.25, 0.3) is 0 Å². The van der Waals surface area contributed by atoms with Crippen LogP contribution in [-0.4, -0.2) is 16.0 Å². The first-order valence-corrected chi connectivity index (χ1v) is 8.57. The number of amides is 1. The van der Waals surface area contributed by atoms with Gasteiger partial charge >= 0.3 is 0 Å². The molecule has 3 rings (SSSR count). The Kier molecular flexibility index (Phi) is 5.96. The quantitative estimate of drug-likeness (QED) is 0.675. The van der Waals surface area contributed by atoms with Crippen molar-refractivity contribution >= 4 is 17.5 Å². The van der Waals surface area contributed by atoms with Gasteiger partial charge in [-0.15, -0.1) is 0 Å². The van der Waals surface area contributed by atoms with Crippen LogP contribution in [0.3, 0.4) is 0 Å². The molecule has 0 spiro atoms. The Hall–Kier alpha value is -2.73. The van der Waals surface area contributed by atoms with Crippen molar-refractivity contribution in [3.05, 3.63) is 70.8 Å². The molecule has 0 atom stereocenters. The lowest BCUT2D eigenvalue weighted by Gasteiger charge is -2.04. The fourth-order valence-electron chi connectivity index (χ4n) is 2.36. The number of halogens is 2. The molecule has 0 aliphatic heterocycles. The topological polar surface area (TPSA) is 68.0 Å². The highest BCUT2D eigenvalue weighted by Crippen LogP contribution is 2.19. The summed E-state index contributed by atoms with van der Waals surface area (Å²) in [6.07, 6.45) is 1.46. The summed E-state index contributed by atoms with van der Waals surface area (Å²) in [7, 11) is 0. The van der Waals surface area contributed by atoms with E-state index in [0.29, 0.717) is 42.5 Å². The summed E-state index contributed by atoms with van der Waals surface area (Å²) in [5, 5.41) is 7.38. The number of hydrogen-bond donors (Lipinski definition) is 1. The van der Waals surface area contributed by atoms with Gasteiger partial charge < -0.3 is 9.84 Å². The summed E-state index contributed by atoms with van der Waals surface area (Å²) in [6, 6.07) is 13.2. The van der Waals surface area contributed by atoms with E-state index in [1.54, 1.807) is 24.3 Å². The normalized spacial score (nSPS) is 10.7. The molecule has 3 aromatic rings. The van der Waals surface area contributed by atoms with E-state index in [9.17, 15) is 9.18 Å². The van der Waals surface area contributed by atoms with E-state index in [1.807, 2.05) is 12.1 Å². The maximum atomic E-state index is 12.8. The summed E-state index contributed by atoms with van der Waals surface area (Å²) in [4.78, 5) is 16.2. The molecule has 134 valence electrons. The summed E-state index contributed by atoms with van der Waals surface area (Å²) in [5.41, 5.74) is 1.67. The highest BCUT2D eigenvalue weighted by Gasteiger charge is 2.09. The minimum atomic E-state index is -0.294. The largest absolute Gasteiger partial charge is 0.352 e. The Morgan fingerprint density at radius 2 is 1.85 bits per heavy atom. The van der Waals surface area contributed by atoms with Crippen LogP contribution in [0, 0.1) is 5.82 Å². The van der Waals surface area contributed by atoms with E-state index >= 15 is 0 Å². The van der Waals surface area contributed by atoms with Gasteiger partial charge in [0.1, 0.15) is 5.82 Å². The van der Waals surface area contributed by atoms with Crippen LogP contribution < -0.4 is 5.32 Å². The van der Waals surface area contributed by atoms with Gasteiger partial charge in [-0.3, -0.25) is 4.79 Å². The lowest BCUT2D eigenvalue weighted by Crippen LogP contribution is -2.22. The Morgan fingerprint density at radius 3 is 2.58 bits per heavy atom. The first-order chi connectivity index (χ1) is 12.6. The molecule has 0 aliphatic carbocycles. The molecule has 5 nitrogen and oxygen atoms in total. The summed E-state index contributed by atoms with van der Waals surface area (Å²) in [6.45, 7) is 0.375. The van der Waals surface area contributed by atoms with E-state index < -0.39 is 0 Å². The number of hydrogen-bond acceptors (Lipinski definition) is 4. The van der Waals surface area contributed by atoms with Crippen LogP contribution in [0.25, 0.3) is 11.4 Å². The van der Waals surface area contributed by atoms with Crippen LogP contribution in [0.4, 0.5) is 4.39 Å². The molecule has 0 aliphatic rings. The van der Waals surface area contributed by atoms with E-state index in [2.05, 4.69) is 15.5 Å². The van der Waals surface area contributed by atoms with Gasteiger partial charge in [-0.2, -0.15) is 4.98 Å². The monoisotopic (exact) mass is 373 g/mol. The second kappa shape index (κ2) is 8.58. The number of nitrogens with one attached hydrogen (secondary N) is 1. The Labute approximate surface area is 155 Å². The van der Waals surface area contributed by atoms with Crippen LogP contribution in [0.15, 0.2) is 53.1 Å². The van der Waals surface area contributed by atoms with Crippen molar-refractivity contribution in [2.24, 2.45) is 0 Å². The van der Waals surface area contributed by atoms with Gasteiger partial charge in [0.05, 0.1) is 0 Å². The average Bonchev–Trinajstić information content (AvgIpc) is 3.11. The fraction of sp³-hybridized carbons (Fsp3) is 0.211. The number of benzene rings is 2. The predicted octanol–water partition coefficient (Wildman–Crippen LogP) is 4.17. The highest BCUT2D eigenvalue weighted by molar-refractivity contribution is 6.30. The number of aromatic nitrogens is 2. The summed E-state index contributed by atoms with van der Waals surface area (Å²) >= 11 is 5.86. The highest BCUT2D eigenvalue weighted by atomic mass is 35.5. The van der Waals surface area contributed by atoms with Crippen LogP contribution in [0.5, 0.6) is 0 Å². The molecule has 0 fully saturated rings. The molecule has 26 heavy (non-hydrogen) atoms. The lowest BCUT2D eigenvalue weighted by molar-refractivity contribution is -0.121. The lowest BCUT2D eigenvalue weighted by atomic mass is 10.2. The first-order valence-electron chi connectivity index (χ1n) is 8.20. The third-order valence-electron chi connectivity index (χ3n) is 3.77. The minimum absolute atomic E-state index is 0.0771. The van der Waals surface area contributed by atoms with Crippen molar-refractivity contribution in [2.75, 3.05) is 0 Å². The SMILES string of the molecule is O=C(CCCc1nc(-c2ccc(Cl)cc2)no1)NCc1ccc(F)cc1. The van der Waals surface area contributed by atoms with Crippen LogP contribution in [0.1, 0.15) is 24.3 Å². The molecule has 0 bridgehead atoms. The number of carbonyl (C=O) groups excluding carboxylic acids is 1. The molecule has 1 amide bonds. The van der Waals surface area contributed by atoms with Gasteiger partial charge in [0.15, 0.2) is 0 Å². The molecule has 1 heterocycles. The van der Waals surface area contributed by atoms with Crippen LogP contribution >= 0.6 is 11.6 Å². The summed E-state index contributed by atoms with van der Waals surface area (Å²) in [5.74, 6) is 0.614. The van der Waals surface area contributed by atoms with Gasteiger partial charge in [0, 0.05) is 30.0 Å². The molecule has 1 aromatic heterocycles. The maximum absolute atomic E-state index is 12.8. The van der Waals surface area contributed by atoms with Crippen molar-refractivity contribution in [3.63, 3.8) is 0 Å². The molecule has 0 radical (unpaired) electrons.